The van der Waals surface area contributed by atoms with Gasteiger partial charge in [-0.2, -0.15) is 0 Å². The fourth-order valence-corrected chi connectivity index (χ4v) is 1.89. The van der Waals surface area contributed by atoms with E-state index in [2.05, 4.69) is 10.6 Å². The SMILES string of the molecule is CCOC(=O)c1ccccc1NC(=O)C(=O)Nc1ccc(O)cc1. The summed E-state index contributed by atoms with van der Waals surface area (Å²) in [6.45, 7) is 1.87. The summed E-state index contributed by atoms with van der Waals surface area (Å²) >= 11 is 0. The summed E-state index contributed by atoms with van der Waals surface area (Å²) in [7, 11) is 0. The summed E-state index contributed by atoms with van der Waals surface area (Å²) in [5.74, 6) is -2.38. The van der Waals surface area contributed by atoms with Gasteiger partial charge in [0.2, 0.25) is 0 Å². The number of nitrogens with one attached hydrogen (secondary N) is 2. The minimum Gasteiger partial charge on any atom is -0.508 e. The normalized spacial score (nSPS) is 9.88. The van der Waals surface area contributed by atoms with Crippen LogP contribution in [0.25, 0.3) is 0 Å². The number of benzene rings is 2. The molecule has 24 heavy (non-hydrogen) atoms. The molecule has 0 unspecified atom stereocenters. The minimum atomic E-state index is -0.931. The number of para-hydroxylation sites is 1. The number of amides is 2. The van der Waals surface area contributed by atoms with Gasteiger partial charge < -0.3 is 20.5 Å². The number of phenolic OH excluding ortho intramolecular Hbond substituents is 1. The number of hydrogen-bond donors (Lipinski definition) is 3. The Morgan fingerprint density at radius 2 is 1.58 bits per heavy atom. The number of carbonyl (C=O) groups is 3. The third-order valence-electron chi connectivity index (χ3n) is 3.00. The van der Waals surface area contributed by atoms with E-state index in [0.717, 1.165) is 0 Å². The average molecular weight is 328 g/mol. The van der Waals surface area contributed by atoms with Crippen LogP contribution in [0.2, 0.25) is 0 Å². The summed E-state index contributed by atoms with van der Waals surface area (Å²) in [6, 6.07) is 11.9. The van der Waals surface area contributed by atoms with Gasteiger partial charge in [-0.1, -0.05) is 12.1 Å². The highest BCUT2D eigenvalue weighted by Gasteiger charge is 2.18. The maximum absolute atomic E-state index is 12.0. The lowest BCUT2D eigenvalue weighted by Gasteiger charge is -2.10. The zero-order chi connectivity index (χ0) is 17.5. The molecule has 3 N–H and O–H groups in total. The highest BCUT2D eigenvalue weighted by molar-refractivity contribution is 6.43. The van der Waals surface area contributed by atoms with Crippen LogP contribution in [0.3, 0.4) is 0 Å². The van der Waals surface area contributed by atoms with Gasteiger partial charge in [0.25, 0.3) is 0 Å². The van der Waals surface area contributed by atoms with E-state index >= 15 is 0 Å². The van der Waals surface area contributed by atoms with Gasteiger partial charge in [0.15, 0.2) is 0 Å². The van der Waals surface area contributed by atoms with Crippen LogP contribution in [-0.4, -0.2) is 29.5 Å². The number of ether oxygens (including phenoxy) is 1. The summed E-state index contributed by atoms with van der Waals surface area (Å²) in [5, 5.41) is 14.0. The Morgan fingerprint density at radius 1 is 0.958 bits per heavy atom. The van der Waals surface area contributed by atoms with Crippen LogP contribution in [-0.2, 0) is 14.3 Å². The number of phenols is 1. The molecule has 124 valence electrons. The average Bonchev–Trinajstić information content (AvgIpc) is 2.57. The molecule has 0 heterocycles. The van der Waals surface area contributed by atoms with Crippen molar-refractivity contribution in [2.75, 3.05) is 17.2 Å². The summed E-state index contributed by atoms with van der Waals surface area (Å²) in [4.78, 5) is 35.7. The van der Waals surface area contributed by atoms with Gasteiger partial charge in [-0.05, 0) is 43.3 Å². The van der Waals surface area contributed by atoms with Crippen LogP contribution >= 0.6 is 0 Å². The Balaban J connectivity index is 2.07. The van der Waals surface area contributed by atoms with Crippen molar-refractivity contribution in [3.05, 3.63) is 54.1 Å². The number of hydrogen-bond acceptors (Lipinski definition) is 5. The number of carbonyl (C=O) groups excluding carboxylic acids is 3. The standard InChI is InChI=1S/C17H16N2O5/c1-2-24-17(23)13-5-3-4-6-14(13)19-16(22)15(21)18-11-7-9-12(20)10-8-11/h3-10,20H,2H2,1H3,(H,18,21)(H,19,22). The molecule has 2 aromatic rings. The quantitative estimate of drug-likeness (QED) is 0.453. The maximum atomic E-state index is 12.0. The molecule has 0 aliphatic carbocycles. The zero-order valence-corrected chi connectivity index (χ0v) is 12.9. The predicted molar refractivity (Wildman–Crippen MR) is 87.8 cm³/mol. The smallest absolute Gasteiger partial charge is 0.340 e. The van der Waals surface area contributed by atoms with Crippen molar-refractivity contribution >= 4 is 29.2 Å². The summed E-state index contributed by atoms with van der Waals surface area (Å²) in [6.07, 6.45) is 0. The van der Waals surface area contributed by atoms with Crippen molar-refractivity contribution in [2.45, 2.75) is 6.92 Å². The van der Waals surface area contributed by atoms with Crippen molar-refractivity contribution in [2.24, 2.45) is 0 Å². The number of esters is 1. The summed E-state index contributed by atoms with van der Waals surface area (Å²) < 4.78 is 4.90. The minimum absolute atomic E-state index is 0.0424. The lowest BCUT2D eigenvalue weighted by Crippen LogP contribution is -2.29. The second-order valence-corrected chi connectivity index (χ2v) is 4.72. The van der Waals surface area contributed by atoms with E-state index in [1.54, 1.807) is 19.1 Å². The molecule has 0 bridgehead atoms. The Hall–Kier alpha value is -3.35. The predicted octanol–water partition coefficient (Wildman–Crippen LogP) is 2.15. The fourth-order valence-electron chi connectivity index (χ4n) is 1.89. The maximum Gasteiger partial charge on any atom is 0.340 e. The molecule has 0 saturated heterocycles. The lowest BCUT2D eigenvalue weighted by atomic mass is 10.2. The fraction of sp³-hybridized carbons (Fsp3) is 0.118. The molecule has 2 amide bonds. The second kappa shape index (κ2) is 7.77. The van der Waals surface area contributed by atoms with Gasteiger partial charge in [-0.15, -0.1) is 0 Å². The molecule has 0 aliphatic rings. The van der Waals surface area contributed by atoms with E-state index in [-0.39, 0.29) is 23.6 Å². The van der Waals surface area contributed by atoms with E-state index < -0.39 is 17.8 Å². The molecule has 2 rings (SSSR count). The molecule has 0 saturated carbocycles. The van der Waals surface area contributed by atoms with E-state index in [9.17, 15) is 19.5 Å². The number of rotatable bonds is 4. The van der Waals surface area contributed by atoms with Crippen LogP contribution in [0.5, 0.6) is 5.75 Å². The van der Waals surface area contributed by atoms with Crippen LogP contribution in [0.4, 0.5) is 11.4 Å². The number of anilines is 2. The Labute approximate surface area is 138 Å². The molecule has 0 fully saturated rings. The first-order valence-corrected chi connectivity index (χ1v) is 7.18. The molecule has 0 aromatic heterocycles. The van der Waals surface area contributed by atoms with E-state index in [0.29, 0.717) is 5.69 Å². The highest BCUT2D eigenvalue weighted by atomic mass is 16.5. The first-order valence-electron chi connectivity index (χ1n) is 7.18. The second-order valence-electron chi connectivity index (χ2n) is 4.72. The van der Waals surface area contributed by atoms with Crippen LogP contribution in [0.15, 0.2) is 48.5 Å². The molecule has 0 atom stereocenters. The molecule has 7 nitrogen and oxygen atoms in total. The van der Waals surface area contributed by atoms with Crippen molar-refractivity contribution < 1.29 is 24.2 Å². The third kappa shape index (κ3) is 4.33. The van der Waals surface area contributed by atoms with Gasteiger partial charge in [0, 0.05) is 5.69 Å². The molecule has 7 heteroatoms. The molecular weight excluding hydrogens is 312 g/mol. The Kier molecular flexibility index (Phi) is 5.51. The van der Waals surface area contributed by atoms with Gasteiger partial charge in [0.05, 0.1) is 17.9 Å². The molecule has 0 aliphatic heterocycles. The lowest BCUT2D eigenvalue weighted by molar-refractivity contribution is -0.133. The van der Waals surface area contributed by atoms with Crippen LogP contribution < -0.4 is 10.6 Å². The van der Waals surface area contributed by atoms with Gasteiger partial charge in [-0.25, -0.2) is 4.79 Å². The van der Waals surface area contributed by atoms with E-state index in [4.69, 9.17) is 4.74 Å². The number of aromatic hydroxyl groups is 1. The van der Waals surface area contributed by atoms with Crippen molar-refractivity contribution in [1.82, 2.24) is 0 Å². The van der Waals surface area contributed by atoms with Crippen molar-refractivity contribution in [1.29, 1.82) is 0 Å². The monoisotopic (exact) mass is 328 g/mol. The summed E-state index contributed by atoms with van der Waals surface area (Å²) in [5.41, 5.74) is 0.693. The Bertz CT molecular complexity index is 756. The Morgan fingerprint density at radius 3 is 2.25 bits per heavy atom. The van der Waals surface area contributed by atoms with Crippen molar-refractivity contribution in [3.8, 4) is 5.75 Å². The van der Waals surface area contributed by atoms with E-state index in [1.807, 2.05) is 0 Å². The van der Waals surface area contributed by atoms with Crippen LogP contribution in [0, 0.1) is 0 Å². The highest BCUT2D eigenvalue weighted by Crippen LogP contribution is 2.17. The molecule has 0 spiro atoms. The zero-order valence-electron chi connectivity index (χ0n) is 12.9. The molecule has 2 aromatic carbocycles. The van der Waals surface area contributed by atoms with Crippen molar-refractivity contribution in [3.63, 3.8) is 0 Å². The third-order valence-corrected chi connectivity index (χ3v) is 3.00. The van der Waals surface area contributed by atoms with Gasteiger partial charge >= 0.3 is 17.8 Å². The first kappa shape index (κ1) is 17.0. The largest absolute Gasteiger partial charge is 0.508 e. The van der Waals surface area contributed by atoms with Gasteiger partial charge in [0.1, 0.15) is 5.75 Å². The molecule has 0 radical (unpaired) electrons. The van der Waals surface area contributed by atoms with Gasteiger partial charge in [-0.3, -0.25) is 9.59 Å². The topological polar surface area (TPSA) is 105 Å². The first-order chi connectivity index (χ1) is 11.5. The van der Waals surface area contributed by atoms with E-state index in [1.165, 1.54) is 36.4 Å². The van der Waals surface area contributed by atoms with Crippen LogP contribution in [0.1, 0.15) is 17.3 Å². The molecular formula is C17H16N2O5.